The minimum Gasteiger partial charge on any atom is -0.491 e. The van der Waals surface area contributed by atoms with Crippen LogP contribution in [0, 0.1) is 0 Å². The zero-order chi connectivity index (χ0) is 33.5. The molecule has 0 aliphatic carbocycles. The van der Waals surface area contributed by atoms with E-state index in [1.54, 1.807) is 14.2 Å². The van der Waals surface area contributed by atoms with Crippen LogP contribution in [0.15, 0.2) is 103 Å². The van der Waals surface area contributed by atoms with Crippen molar-refractivity contribution in [1.82, 2.24) is 0 Å². The van der Waals surface area contributed by atoms with Crippen LogP contribution in [0.5, 0.6) is 17.2 Å². The molecule has 5 rings (SSSR count). The van der Waals surface area contributed by atoms with Crippen LogP contribution in [0.4, 0.5) is 0 Å². The summed E-state index contributed by atoms with van der Waals surface area (Å²) in [6, 6.07) is 35.3. The van der Waals surface area contributed by atoms with Crippen molar-refractivity contribution in [3.63, 3.8) is 0 Å². The fourth-order valence-electron chi connectivity index (χ4n) is 5.42. The van der Waals surface area contributed by atoms with E-state index in [1.807, 2.05) is 49.0 Å². The molecule has 7 nitrogen and oxygen atoms in total. The van der Waals surface area contributed by atoms with Gasteiger partial charge in [-0.05, 0) is 58.7 Å². The average molecular weight is 657 g/mol. The lowest BCUT2D eigenvalue weighted by Gasteiger charge is -2.29. The number of benzene rings is 4. The van der Waals surface area contributed by atoms with Gasteiger partial charge in [-0.3, -0.25) is 0 Å². The molecule has 0 bridgehead atoms. The molecule has 250 valence electrons. The maximum Gasteiger partial charge on any atom is 0.497 e. The summed E-state index contributed by atoms with van der Waals surface area (Å²) in [5.41, 5.74) is 4.53. The molecule has 4 aromatic rings. The second kappa shape index (κ2) is 15.0. The molecule has 4 aromatic carbocycles. The van der Waals surface area contributed by atoms with Gasteiger partial charge in [0.15, 0.2) is 0 Å². The van der Waals surface area contributed by atoms with E-state index in [2.05, 4.69) is 88.4 Å². The average Bonchev–Trinajstić information content (AvgIpc) is 3.94. The Morgan fingerprint density at radius 2 is 1.00 bits per heavy atom. The molecule has 2 unspecified atom stereocenters. The molecule has 0 N–H and O–H groups in total. The molecule has 0 spiro atoms. The first kappa shape index (κ1) is 34.7. The Labute approximate surface area is 281 Å². The van der Waals surface area contributed by atoms with E-state index in [4.69, 9.17) is 32.2 Å². The van der Waals surface area contributed by atoms with E-state index >= 15 is 0 Å². The smallest absolute Gasteiger partial charge is 0.491 e. The standard InChI is InChI=1S/C39H48O7Si/c1-38(2,29-11-9-8-10-12-29)30-13-21-34(22-14-30)43-27-37(46-47(7,40-5)41-6)28-44-35-23-17-32(18-24-35)39(3,4)31-15-19-33(20-16-31)42-25-36-26-45-36/h8-24,36-37H,25-28H2,1-7H3. The second-order valence-corrected chi connectivity index (χ2v) is 15.9. The quantitative estimate of drug-likeness (QED) is 0.0848. The maximum atomic E-state index is 6.32. The number of epoxide rings is 1. The SMILES string of the molecule is CO[Si](C)(OC)OC(COc1ccc(C(C)(C)c2ccccc2)cc1)COc1ccc(C(C)(C)c2ccc(OCC3CO3)cc2)cc1. The van der Waals surface area contributed by atoms with Gasteiger partial charge in [0.05, 0.1) is 6.61 Å². The lowest BCUT2D eigenvalue weighted by atomic mass is 9.78. The van der Waals surface area contributed by atoms with E-state index < -0.39 is 14.9 Å². The number of ether oxygens (including phenoxy) is 4. The van der Waals surface area contributed by atoms with Gasteiger partial charge >= 0.3 is 8.80 Å². The van der Waals surface area contributed by atoms with Crippen molar-refractivity contribution in [3.8, 4) is 17.2 Å². The largest absolute Gasteiger partial charge is 0.497 e. The molecule has 1 saturated heterocycles. The summed E-state index contributed by atoms with van der Waals surface area (Å²) < 4.78 is 41.0. The van der Waals surface area contributed by atoms with E-state index in [9.17, 15) is 0 Å². The molecule has 1 aliphatic heterocycles. The van der Waals surface area contributed by atoms with Crippen LogP contribution in [0.3, 0.4) is 0 Å². The molecule has 8 heteroatoms. The predicted octanol–water partition coefficient (Wildman–Crippen LogP) is 7.82. The Kier molecular flexibility index (Phi) is 11.1. The first-order chi connectivity index (χ1) is 22.5. The van der Waals surface area contributed by atoms with Crippen LogP contribution in [-0.4, -0.2) is 61.7 Å². The van der Waals surface area contributed by atoms with Crippen LogP contribution in [0.25, 0.3) is 0 Å². The zero-order valence-corrected chi connectivity index (χ0v) is 29.7. The third-order valence-electron chi connectivity index (χ3n) is 9.06. The van der Waals surface area contributed by atoms with Crippen LogP contribution >= 0.6 is 0 Å². The van der Waals surface area contributed by atoms with Crippen molar-refractivity contribution in [1.29, 1.82) is 0 Å². The van der Waals surface area contributed by atoms with Crippen LogP contribution in [0.1, 0.15) is 49.9 Å². The van der Waals surface area contributed by atoms with Crippen molar-refractivity contribution in [2.24, 2.45) is 0 Å². The fraction of sp³-hybridized carbons (Fsp3) is 0.385. The van der Waals surface area contributed by atoms with Gasteiger partial charge in [0.25, 0.3) is 0 Å². The van der Waals surface area contributed by atoms with Crippen molar-refractivity contribution in [2.75, 3.05) is 40.6 Å². The van der Waals surface area contributed by atoms with E-state index in [-0.39, 0.29) is 30.1 Å². The van der Waals surface area contributed by atoms with Crippen molar-refractivity contribution in [3.05, 3.63) is 125 Å². The van der Waals surface area contributed by atoms with Crippen LogP contribution in [0.2, 0.25) is 6.55 Å². The summed E-state index contributed by atoms with van der Waals surface area (Å²) in [6.07, 6.45) is -0.182. The number of hydrogen-bond acceptors (Lipinski definition) is 7. The minimum atomic E-state index is -2.87. The highest BCUT2D eigenvalue weighted by Crippen LogP contribution is 2.34. The first-order valence-electron chi connectivity index (χ1n) is 16.2. The summed E-state index contributed by atoms with van der Waals surface area (Å²) in [5.74, 6) is 2.36. The monoisotopic (exact) mass is 656 g/mol. The Balaban J connectivity index is 1.20. The molecule has 1 heterocycles. The van der Waals surface area contributed by atoms with Gasteiger partial charge in [-0.25, -0.2) is 0 Å². The summed E-state index contributed by atoms with van der Waals surface area (Å²) in [7, 11) is 0.339. The Morgan fingerprint density at radius 3 is 1.38 bits per heavy atom. The van der Waals surface area contributed by atoms with E-state index in [0.717, 1.165) is 23.9 Å². The zero-order valence-electron chi connectivity index (χ0n) is 28.7. The van der Waals surface area contributed by atoms with Gasteiger partial charge in [-0.15, -0.1) is 0 Å². The highest BCUT2D eigenvalue weighted by Gasteiger charge is 2.36. The topological polar surface area (TPSA) is 67.9 Å². The molecular formula is C39H48O7Si. The molecular weight excluding hydrogens is 609 g/mol. The molecule has 0 radical (unpaired) electrons. The van der Waals surface area contributed by atoms with E-state index in [0.29, 0.717) is 6.61 Å². The number of hydrogen-bond donors (Lipinski definition) is 0. The summed E-state index contributed by atoms with van der Waals surface area (Å²) in [6.45, 7) is 12.7. The molecule has 47 heavy (non-hydrogen) atoms. The molecule has 1 aliphatic rings. The van der Waals surface area contributed by atoms with Gasteiger partial charge < -0.3 is 32.2 Å². The Bertz CT molecular complexity index is 1530. The Morgan fingerprint density at radius 1 is 0.617 bits per heavy atom. The molecule has 0 amide bonds. The minimum absolute atomic E-state index is 0.126. The van der Waals surface area contributed by atoms with Gasteiger partial charge in [-0.2, -0.15) is 0 Å². The predicted molar refractivity (Wildman–Crippen MR) is 187 cm³/mol. The fourth-order valence-corrected chi connectivity index (χ4v) is 6.52. The molecule has 0 aromatic heterocycles. The summed E-state index contributed by atoms with van der Waals surface area (Å²) in [4.78, 5) is 0. The summed E-state index contributed by atoms with van der Waals surface area (Å²) >= 11 is 0. The van der Waals surface area contributed by atoms with Crippen LogP contribution in [-0.2, 0) is 28.8 Å². The highest BCUT2D eigenvalue weighted by atomic mass is 28.4. The Hall–Kier alpha value is -3.66. The van der Waals surface area contributed by atoms with Gasteiger partial charge in [0.1, 0.15) is 49.3 Å². The molecule has 1 fully saturated rings. The third kappa shape index (κ3) is 9.03. The normalized spacial score (nSPS) is 15.6. The van der Waals surface area contributed by atoms with Gasteiger partial charge in [0, 0.05) is 31.6 Å². The number of rotatable bonds is 17. The van der Waals surface area contributed by atoms with Gasteiger partial charge in [0.2, 0.25) is 0 Å². The van der Waals surface area contributed by atoms with Crippen LogP contribution < -0.4 is 14.2 Å². The molecule has 2 atom stereocenters. The first-order valence-corrected chi connectivity index (χ1v) is 18.4. The molecule has 0 saturated carbocycles. The summed E-state index contributed by atoms with van der Waals surface area (Å²) in [5, 5.41) is 0. The van der Waals surface area contributed by atoms with Crippen molar-refractivity contribution in [2.45, 2.75) is 57.3 Å². The second-order valence-electron chi connectivity index (χ2n) is 13.1. The lowest BCUT2D eigenvalue weighted by Crippen LogP contribution is -2.47. The maximum absolute atomic E-state index is 6.32. The lowest BCUT2D eigenvalue weighted by molar-refractivity contribution is 0.0129. The van der Waals surface area contributed by atoms with E-state index in [1.165, 1.54) is 22.3 Å². The van der Waals surface area contributed by atoms with Crippen molar-refractivity contribution >= 4 is 8.80 Å². The van der Waals surface area contributed by atoms with Crippen molar-refractivity contribution < 1.29 is 32.2 Å². The third-order valence-corrected chi connectivity index (χ3v) is 11.3. The van der Waals surface area contributed by atoms with Gasteiger partial charge in [-0.1, -0.05) is 94.4 Å². The highest BCUT2D eigenvalue weighted by molar-refractivity contribution is 6.59.